The second-order valence-electron chi connectivity index (χ2n) is 5.55. The third kappa shape index (κ3) is 2.48. The van der Waals surface area contributed by atoms with Gasteiger partial charge >= 0.3 is 0 Å². The predicted molar refractivity (Wildman–Crippen MR) is 86.9 cm³/mol. The maximum absolute atomic E-state index is 12.6. The smallest absolute Gasteiger partial charge is 0.256 e. The van der Waals surface area contributed by atoms with E-state index in [9.17, 15) is 9.59 Å². The van der Waals surface area contributed by atoms with Gasteiger partial charge in [-0.15, -0.1) is 0 Å². The Labute approximate surface area is 129 Å². The van der Waals surface area contributed by atoms with E-state index in [0.717, 1.165) is 16.8 Å². The summed E-state index contributed by atoms with van der Waals surface area (Å²) in [6.45, 7) is 3.91. The highest BCUT2D eigenvalue weighted by molar-refractivity contribution is 6.23. The van der Waals surface area contributed by atoms with Gasteiger partial charge in [0.25, 0.3) is 5.91 Å². The number of para-hydroxylation sites is 1. The van der Waals surface area contributed by atoms with Crippen molar-refractivity contribution in [3.05, 3.63) is 59.7 Å². The first-order chi connectivity index (χ1) is 10.6. The normalized spacial score (nSPS) is 17.9. The van der Waals surface area contributed by atoms with Crippen LogP contribution in [0.2, 0.25) is 0 Å². The molecule has 22 heavy (non-hydrogen) atoms. The van der Waals surface area contributed by atoms with Gasteiger partial charge in [0.05, 0.1) is 12.1 Å². The van der Waals surface area contributed by atoms with E-state index in [0.29, 0.717) is 5.69 Å². The fourth-order valence-corrected chi connectivity index (χ4v) is 2.71. The molecule has 1 aliphatic heterocycles. The average molecular weight is 294 g/mol. The van der Waals surface area contributed by atoms with Crippen molar-refractivity contribution < 1.29 is 9.59 Å². The quantitative estimate of drug-likeness (QED) is 0.885. The lowest BCUT2D eigenvalue weighted by Crippen LogP contribution is -2.35. The van der Waals surface area contributed by atoms with Crippen LogP contribution in [0.25, 0.3) is 0 Å². The van der Waals surface area contributed by atoms with Crippen LogP contribution in [0.15, 0.2) is 48.5 Å². The number of benzene rings is 2. The van der Waals surface area contributed by atoms with Gasteiger partial charge in [-0.25, -0.2) is 4.90 Å². The molecule has 0 radical (unpaired) electrons. The Balaban J connectivity index is 1.87. The van der Waals surface area contributed by atoms with E-state index in [-0.39, 0.29) is 18.2 Å². The van der Waals surface area contributed by atoms with Crippen molar-refractivity contribution in [1.29, 1.82) is 0 Å². The molecule has 0 unspecified atom stereocenters. The highest BCUT2D eigenvalue weighted by atomic mass is 16.2. The van der Waals surface area contributed by atoms with Gasteiger partial charge < -0.3 is 5.32 Å². The number of aryl methyl sites for hydroxylation is 1. The molecular weight excluding hydrogens is 276 g/mol. The fourth-order valence-electron chi connectivity index (χ4n) is 2.71. The lowest BCUT2D eigenvalue weighted by molar-refractivity contribution is -0.121. The molecule has 3 rings (SSSR count). The van der Waals surface area contributed by atoms with Gasteiger partial charge in [-0.2, -0.15) is 0 Å². The summed E-state index contributed by atoms with van der Waals surface area (Å²) in [6, 6.07) is 14.6. The summed E-state index contributed by atoms with van der Waals surface area (Å²) in [4.78, 5) is 26.2. The molecule has 1 heterocycles. The van der Waals surface area contributed by atoms with Gasteiger partial charge in [-0.3, -0.25) is 9.59 Å². The summed E-state index contributed by atoms with van der Waals surface area (Å²) < 4.78 is 0. The SMILES string of the molecule is Cc1cccc(N2C(=O)C[C@H](Nc3ccccc3)C2=O)c1C. The fraction of sp³-hybridized carbons (Fsp3) is 0.222. The number of nitrogens with zero attached hydrogens (tertiary/aromatic N) is 1. The molecule has 2 amide bonds. The first-order valence-corrected chi connectivity index (χ1v) is 7.32. The van der Waals surface area contributed by atoms with Crippen LogP contribution < -0.4 is 10.2 Å². The van der Waals surface area contributed by atoms with E-state index in [1.165, 1.54) is 4.90 Å². The Kier molecular flexibility index (Phi) is 3.67. The summed E-state index contributed by atoms with van der Waals surface area (Å²) in [5, 5.41) is 3.14. The van der Waals surface area contributed by atoms with Gasteiger partial charge in [0.15, 0.2) is 0 Å². The van der Waals surface area contributed by atoms with E-state index in [1.807, 2.05) is 62.4 Å². The molecule has 0 saturated carbocycles. The lowest BCUT2D eigenvalue weighted by Gasteiger charge is -2.19. The molecule has 1 aliphatic rings. The number of rotatable bonds is 3. The highest BCUT2D eigenvalue weighted by Crippen LogP contribution is 2.29. The number of amides is 2. The van der Waals surface area contributed by atoms with Crippen molar-refractivity contribution in [3.8, 4) is 0 Å². The summed E-state index contributed by atoms with van der Waals surface area (Å²) in [5.41, 5.74) is 3.56. The van der Waals surface area contributed by atoms with E-state index < -0.39 is 6.04 Å². The Morgan fingerprint density at radius 2 is 1.73 bits per heavy atom. The molecule has 0 spiro atoms. The second-order valence-corrected chi connectivity index (χ2v) is 5.55. The van der Waals surface area contributed by atoms with Crippen molar-refractivity contribution in [2.75, 3.05) is 10.2 Å². The van der Waals surface area contributed by atoms with Crippen molar-refractivity contribution in [2.45, 2.75) is 26.3 Å². The first-order valence-electron chi connectivity index (χ1n) is 7.32. The summed E-state index contributed by atoms with van der Waals surface area (Å²) in [5.74, 6) is -0.352. The van der Waals surface area contributed by atoms with Crippen LogP contribution >= 0.6 is 0 Å². The number of anilines is 2. The van der Waals surface area contributed by atoms with Crippen molar-refractivity contribution in [2.24, 2.45) is 0 Å². The molecule has 1 fully saturated rings. The maximum atomic E-state index is 12.6. The van der Waals surface area contributed by atoms with Crippen LogP contribution in [-0.2, 0) is 9.59 Å². The zero-order valence-corrected chi connectivity index (χ0v) is 12.7. The van der Waals surface area contributed by atoms with Crippen LogP contribution in [0.3, 0.4) is 0 Å². The van der Waals surface area contributed by atoms with E-state index >= 15 is 0 Å². The zero-order valence-electron chi connectivity index (χ0n) is 12.7. The van der Waals surface area contributed by atoms with Crippen LogP contribution in [0.5, 0.6) is 0 Å². The average Bonchev–Trinajstić information content (AvgIpc) is 2.78. The number of imide groups is 1. The van der Waals surface area contributed by atoms with Crippen LogP contribution in [0.1, 0.15) is 17.5 Å². The van der Waals surface area contributed by atoms with Gasteiger partial charge in [-0.1, -0.05) is 30.3 Å². The number of hydrogen-bond donors (Lipinski definition) is 1. The minimum absolute atomic E-state index is 0.160. The summed E-state index contributed by atoms with van der Waals surface area (Å²) in [7, 11) is 0. The van der Waals surface area contributed by atoms with Gasteiger partial charge in [0, 0.05) is 5.69 Å². The molecule has 1 atom stereocenters. The lowest BCUT2D eigenvalue weighted by atomic mass is 10.1. The molecule has 0 aromatic heterocycles. The Bertz CT molecular complexity index is 725. The Hall–Kier alpha value is -2.62. The van der Waals surface area contributed by atoms with E-state index in [4.69, 9.17) is 0 Å². The molecular formula is C18H18N2O2. The van der Waals surface area contributed by atoms with Crippen LogP contribution in [0, 0.1) is 13.8 Å². The van der Waals surface area contributed by atoms with Crippen molar-refractivity contribution in [3.63, 3.8) is 0 Å². The topological polar surface area (TPSA) is 49.4 Å². The first kappa shape index (κ1) is 14.3. The Morgan fingerprint density at radius 1 is 1.00 bits per heavy atom. The van der Waals surface area contributed by atoms with Crippen molar-refractivity contribution in [1.82, 2.24) is 0 Å². The van der Waals surface area contributed by atoms with Crippen molar-refractivity contribution >= 4 is 23.2 Å². The standard InChI is InChI=1S/C18H18N2O2/c1-12-7-6-10-16(13(12)2)20-17(21)11-15(18(20)22)19-14-8-4-3-5-9-14/h3-10,15,19H,11H2,1-2H3/t15-/m0/s1. The molecule has 2 aromatic rings. The monoisotopic (exact) mass is 294 g/mol. The maximum Gasteiger partial charge on any atom is 0.256 e. The molecule has 1 N–H and O–H groups in total. The third-order valence-electron chi connectivity index (χ3n) is 4.08. The minimum Gasteiger partial charge on any atom is -0.373 e. The Morgan fingerprint density at radius 3 is 2.45 bits per heavy atom. The van der Waals surface area contributed by atoms with Crippen LogP contribution in [0.4, 0.5) is 11.4 Å². The molecule has 112 valence electrons. The number of nitrogens with one attached hydrogen (secondary N) is 1. The van der Waals surface area contributed by atoms with Gasteiger partial charge in [0.1, 0.15) is 6.04 Å². The molecule has 4 heteroatoms. The summed E-state index contributed by atoms with van der Waals surface area (Å²) >= 11 is 0. The predicted octanol–water partition coefficient (Wildman–Crippen LogP) is 3.05. The van der Waals surface area contributed by atoms with E-state index in [1.54, 1.807) is 0 Å². The molecule has 4 nitrogen and oxygen atoms in total. The molecule has 1 saturated heterocycles. The van der Waals surface area contributed by atoms with Gasteiger partial charge in [0.2, 0.25) is 5.91 Å². The molecule has 2 aromatic carbocycles. The zero-order chi connectivity index (χ0) is 15.7. The van der Waals surface area contributed by atoms with Crippen LogP contribution in [-0.4, -0.2) is 17.9 Å². The number of carbonyl (C=O) groups is 2. The molecule has 0 aliphatic carbocycles. The minimum atomic E-state index is -0.505. The summed E-state index contributed by atoms with van der Waals surface area (Å²) in [6.07, 6.45) is 0.182. The number of hydrogen-bond acceptors (Lipinski definition) is 3. The second kappa shape index (κ2) is 5.64. The van der Waals surface area contributed by atoms with Gasteiger partial charge in [-0.05, 0) is 43.2 Å². The number of carbonyl (C=O) groups excluding carboxylic acids is 2. The molecule has 0 bridgehead atoms. The largest absolute Gasteiger partial charge is 0.373 e. The van der Waals surface area contributed by atoms with E-state index in [2.05, 4.69) is 5.32 Å². The highest BCUT2D eigenvalue weighted by Gasteiger charge is 2.40. The third-order valence-corrected chi connectivity index (χ3v) is 4.08.